The lowest BCUT2D eigenvalue weighted by Gasteiger charge is -2.18. The number of aryl methyl sites for hydroxylation is 1. The second-order valence-corrected chi connectivity index (χ2v) is 6.79. The lowest BCUT2D eigenvalue weighted by Crippen LogP contribution is -2.33. The van der Waals surface area contributed by atoms with Crippen LogP contribution in [0.2, 0.25) is 5.02 Å². The van der Waals surface area contributed by atoms with Crippen LogP contribution in [-0.4, -0.2) is 44.6 Å². The Hall–Kier alpha value is -2.19. The van der Waals surface area contributed by atoms with Gasteiger partial charge in [0.15, 0.2) is 0 Å². The second-order valence-electron chi connectivity index (χ2n) is 6.35. The number of aliphatic hydroxyl groups excluding tert-OH is 1. The van der Waals surface area contributed by atoms with Gasteiger partial charge in [0.1, 0.15) is 24.8 Å². The zero-order chi connectivity index (χ0) is 19.2. The molecule has 2 unspecified atom stereocenters. The quantitative estimate of drug-likeness (QED) is 0.578. The third kappa shape index (κ3) is 5.90. The van der Waals surface area contributed by atoms with Gasteiger partial charge in [-0.2, -0.15) is 0 Å². The monoisotopic (exact) mass is 423 g/mol. The zero-order valence-electron chi connectivity index (χ0n) is 15.6. The summed E-state index contributed by atoms with van der Waals surface area (Å²) in [7, 11) is 0. The van der Waals surface area contributed by atoms with Crippen LogP contribution in [0.4, 0.5) is 0 Å². The van der Waals surface area contributed by atoms with Crippen molar-refractivity contribution in [2.75, 3.05) is 13.2 Å². The lowest BCUT2D eigenvalue weighted by atomic mass is 10.1. The van der Waals surface area contributed by atoms with Gasteiger partial charge < -0.3 is 15.2 Å². The van der Waals surface area contributed by atoms with Gasteiger partial charge >= 0.3 is 0 Å². The maximum atomic E-state index is 10.2. The fourth-order valence-corrected chi connectivity index (χ4v) is 2.87. The molecule has 7 nitrogen and oxygen atoms in total. The standard InChI is InChI=1S/C19H22ClN5O2.ClH/c1-13-9-16(20)5-8-19(13)27-11-18(26)10-21-14(2)15-3-6-17(7-4-15)25-12-22-23-24-25;/h3-9,12,14,18,21,26H,10-11H2,1-2H3;1H. The van der Waals surface area contributed by atoms with E-state index in [1.165, 1.54) is 0 Å². The Kier molecular flexibility index (Phi) is 8.19. The summed E-state index contributed by atoms with van der Waals surface area (Å²) in [6.45, 7) is 4.60. The molecule has 2 atom stereocenters. The first-order valence-electron chi connectivity index (χ1n) is 8.66. The Morgan fingerprint density at radius 1 is 1.21 bits per heavy atom. The Bertz CT molecular complexity index is 859. The minimum atomic E-state index is -0.622. The number of rotatable bonds is 8. The topological polar surface area (TPSA) is 85.1 Å². The van der Waals surface area contributed by atoms with Crippen molar-refractivity contribution in [2.24, 2.45) is 0 Å². The normalized spacial score (nSPS) is 12.9. The van der Waals surface area contributed by atoms with Crippen LogP contribution in [0.15, 0.2) is 48.8 Å². The summed E-state index contributed by atoms with van der Waals surface area (Å²) in [4.78, 5) is 0. The van der Waals surface area contributed by atoms with E-state index in [1.54, 1.807) is 17.1 Å². The molecule has 0 saturated heterocycles. The molecular formula is C19H23Cl2N5O2. The number of nitrogens with zero attached hydrogens (tertiary/aromatic N) is 4. The molecule has 2 N–H and O–H groups in total. The van der Waals surface area contributed by atoms with Crippen LogP contribution in [0.25, 0.3) is 5.69 Å². The number of ether oxygens (including phenoxy) is 1. The molecule has 2 aromatic carbocycles. The van der Waals surface area contributed by atoms with Gasteiger partial charge in [0.25, 0.3) is 0 Å². The molecule has 9 heteroatoms. The molecule has 1 heterocycles. The first-order valence-corrected chi connectivity index (χ1v) is 9.04. The largest absolute Gasteiger partial charge is 0.491 e. The van der Waals surface area contributed by atoms with Gasteiger partial charge in [0.05, 0.1) is 5.69 Å². The second kappa shape index (κ2) is 10.4. The molecule has 1 aromatic heterocycles. The van der Waals surface area contributed by atoms with Gasteiger partial charge in [0.2, 0.25) is 0 Å². The number of aromatic nitrogens is 4. The first kappa shape index (κ1) is 22.1. The van der Waals surface area contributed by atoms with Crippen molar-refractivity contribution < 1.29 is 9.84 Å². The fraction of sp³-hybridized carbons (Fsp3) is 0.316. The van der Waals surface area contributed by atoms with Crippen LogP contribution in [-0.2, 0) is 0 Å². The maximum absolute atomic E-state index is 10.2. The third-order valence-electron chi connectivity index (χ3n) is 4.23. The van der Waals surface area contributed by atoms with E-state index >= 15 is 0 Å². The Labute approximate surface area is 175 Å². The maximum Gasteiger partial charge on any atom is 0.143 e. The van der Waals surface area contributed by atoms with E-state index in [0.29, 0.717) is 11.6 Å². The van der Waals surface area contributed by atoms with E-state index in [-0.39, 0.29) is 25.1 Å². The highest BCUT2D eigenvalue weighted by Crippen LogP contribution is 2.22. The molecule has 0 amide bonds. The summed E-state index contributed by atoms with van der Waals surface area (Å²) >= 11 is 5.94. The lowest BCUT2D eigenvalue weighted by molar-refractivity contribution is 0.104. The summed E-state index contributed by atoms with van der Waals surface area (Å²) in [6, 6.07) is 13.4. The molecule has 28 heavy (non-hydrogen) atoms. The van der Waals surface area contributed by atoms with Crippen LogP contribution in [0, 0.1) is 6.92 Å². The van der Waals surface area contributed by atoms with E-state index in [9.17, 15) is 5.11 Å². The SMILES string of the molecule is Cc1cc(Cl)ccc1OCC(O)CNC(C)c1ccc(-n2cnnn2)cc1.Cl. The number of hydrogen-bond donors (Lipinski definition) is 2. The van der Waals surface area contributed by atoms with E-state index in [4.69, 9.17) is 16.3 Å². The number of halogens is 2. The summed E-state index contributed by atoms with van der Waals surface area (Å²) in [5.74, 6) is 0.727. The van der Waals surface area contributed by atoms with Crippen molar-refractivity contribution in [3.63, 3.8) is 0 Å². The van der Waals surface area contributed by atoms with Crippen molar-refractivity contribution in [3.05, 3.63) is 64.9 Å². The number of benzene rings is 2. The highest BCUT2D eigenvalue weighted by molar-refractivity contribution is 6.30. The van der Waals surface area contributed by atoms with Gasteiger partial charge in [-0.3, -0.25) is 0 Å². The molecule has 0 radical (unpaired) electrons. The van der Waals surface area contributed by atoms with Crippen LogP contribution in [0.1, 0.15) is 24.1 Å². The molecular weight excluding hydrogens is 401 g/mol. The van der Waals surface area contributed by atoms with Gasteiger partial charge in [-0.15, -0.1) is 17.5 Å². The molecule has 0 aliphatic carbocycles. The summed E-state index contributed by atoms with van der Waals surface area (Å²) in [5, 5.41) is 25.3. The van der Waals surface area contributed by atoms with Crippen molar-refractivity contribution >= 4 is 24.0 Å². The zero-order valence-corrected chi connectivity index (χ0v) is 17.2. The van der Waals surface area contributed by atoms with E-state index < -0.39 is 6.10 Å². The van der Waals surface area contributed by atoms with Crippen LogP contribution in [0.5, 0.6) is 5.75 Å². The van der Waals surface area contributed by atoms with Gasteiger partial charge in [0, 0.05) is 17.6 Å². The molecule has 0 bridgehead atoms. The van der Waals surface area contributed by atoms with Gasteiger partial charge in [-0.05, 0) is 65.7 Å². The fourth-order valence-electron chi connectivity index (χ4n) is 2.65. The molecule has 0 saturated carbocycles. The van der Waals surface area contributed by atoms with Crippen LogP contribution >= 0.6 is 24.0 Å². The molecule has 0 fully saturated rings. The van der Waals surface area contributed by atoms with Crippen molar-refractivity contribution in [1.29, 1.82) is 0 Å². The first-order chi connectivity index (χ1) is 13.0. The van der Waals surface area contributed by atoms with Gasteiger partial charge in [-0.1, -0.05) is 23.7 Å². The predicted molar refractivity (Wildman–Crippen MR) is 111 cm³/mol. The van der Waals surface area contributed by atoms with E-state index in [2.05, 4.69) is 20.8 Å². The average Bonchev–Trinajstić information content (AvgIpc) is 3.20. The van der Waals surface area contributed by atoms with Gasteiger partial charge in [-0.25, -0.2) is 4.68 Å². The Balaban J connectivity index is 0.00000280. The molecule has 0 spiro atoms. The van der Waals surface area contributed by atoms with Crippen molar-refractivity contribution in [2.45, 2.75) is 26.0 Å². The third-order valence-corrected chi connectivity index (χ3v) is 4.47. The summed E-state index contributed by atoms with van der Waals surface area (Å²) in [6.07, 6.45) is 0.929. The minimum Gasteiger partial charge on any atom is -0.491 e. The minimum absolute atomic E-state index is 0. The summed E-state index contributed by atoms with van der Waals surface area (Å²) in [5.41, 5.74) is 2.94. The van der Waals surface area contributed by atoms with E-state index in [0.717, 1.165) is 22.6 Å². The molecule has 150 valence electrons. The Morgan fingerprint density at radius 2 is 1.96 bits per heavy atom. The average molecular weight is 424 g/mol. The molecule has 0 aliphatic rings. The Morgan fingerprint density at radius 3 is 2.61 bits per heavy atom. The highest BCUT2D eigenvalue weighted by Gasteiger charge is 2.11. The number of hydrogen-bond acceptors (Lipinski definition) is 6. The van der Waals surface area contributed by atoms with Crippen molar-refractivity contribution in [3.8, 4) is 11.4 Å². The number of aliphatic hydroxyl groups is 1. The van der Waals surface area contributed by atoms with Crippen LogP contribution in [0.3, 0.4) is 0 Å². The summed E-state index contributed by atoms with van der Waals surface area (Å²) < 4.78 is 7.28. The molecule has 3 aromatic rings. The number of tetrazole rings is 1. The number of nitrogens with one attached hydrogen (secondary N) is 1. The predicted octanol–water partition coefficient (Wildman–Crippen LogP) is 3.14. The smallest absolute Gasteiger partial charge is 0.143 e. The van der Waals surface area contributed by atoms with E-state index in [1.807, 2.05) is 50.2 Å². The van der Waals surface area contributed by atoms with Crippen molar-refractivity contribution in [1.82, 2.24) is 25.5 Å². The highest BCUT2D eigenvalue weighted by atomic mass is 35.5. The van der Waals surface area contributed by atoms with Crippen LogP contribution < -0.4 is 10.1 Å². The molecule has 3 rings (SSSR count). The molecule has 0 aliphatic heterocycles.